The summed E-state index contributed by atoms with van der Waals surface area (Å²) in [6, 6.07) is 13.3. The topological polar surface area (TPSA) is 25.2 Å². The van der Waals surface area contributed by atoms with Crippen LogP contribution in [-0.4, -0.2) is 12.8 Å². The minimum absolute atomic E-state index is 0.210. The molecular formula is C18H25NOS. The molecule has 1 atom stereocenters. The molecule has 0 saturated carbocycles. The van der Waals surface area contributed by atoms with Gasteiger partial charge >= 0.3 is 0 Å². The largest absolute Gasteiger partial charge is 0.468 e. The van der Waals surface area contributed by atoms with Crippen molar-refractivity contribution in [2.24, 2.45) is 0 Å². The third-order valence-corrected chi connectivity index (χ3v) is 4.69. The fourth-order valence-corrected chi connectivity index (χ4v) is 3.31. The van der Waals surface area contributed by atoms with Crippen molar-refractivity contribution in [3.05, 3.63) is 59.5 Å². The van der Waals surface area contributed by atoms with Crippen molar-refractivity contribution in [1.82, 2.24) is 5.32 Å². The molecule has 1 N–H and O–H groups in total. The van der Waals surface area contributed by atoms with Crippen LogP contribution in [0.15, 0.2) is 47.1 Å². The van der Waals surface area contributed by atoms with Crippen LogP contribution in [0.25, 0.3) is 0 Å². The number of rotatable bonds is 6. The van der Waals surface area contributed by atoms with Gasteiger partial charge in [-0.25, -0.2) is 0 Å². The molecule has 0 aliphatic carbocycles. The fraction of sp³-hybridized carbons (Fsp3) is 0.444. The van der Waals surface area contributed by atoms with Crippen molar-refractivity contribution >= 4 is 11.8 Å². The number of furan rings is 1. The van der Waals surface area contributed by atoms with Crippen LogP contribution in [0.1, 0.15) is 43.7 Å². The zero-order valence-electron chi connectivity index (χ0n) is 13.3. The summed E-state index contributed by atoms with van der Waals surface area (Å²) in [5.74, 6) is 3.00. The Balaban J connectivity index is 1.94. The summed E-state index contributed by atoms with van der Waals surface area (Å²) in [6.07, 6.45) is 1.73. The van der Waals surface area contributed by atoms with Gasteiger partial charge in [-0.3, -0.25) is 0 Å². The SMILES string of the molecule is CNC(CSCc1ccco1)c1ccc(C(C)(C)C)cc1. The van der Waals surface area contributed by atoms with E-state index in [1.807, 2.05) is 30.9 Å². The third-order valence-electron chi connectivity index (χ3n) is 3.64. The number of nitrogens with one attached hydrogen (secondary N) is 1. The predicted molar refractivity (Wildman–Crippen MR) is 91.8 cm³/mol. The van der Waals surface area contributed by atoms with E-state index in [-0.39, 0.29) is 5.41 Å². The van der Waals surface area contributed by atoms with Crippen molar-refractivity contribution in [3.63, 3.8) is 0 Å². The lowest BCUT2D eigenvalue weighted by Gasteiger charge is -2.21. The van der Waals surface area contributed by atoms with Gasteiger partial charge < -0.3 is 9.73 Å². The zero-order chi connectivity index (χ0) is 15.3. The van der Waals surface area contributed by atoms with E-state index in [4.69, 9.17) is 4.42 Å². The number of hydrogen-bond acceptors (Lipinski definition) is 3. The Labute approximate surface area is 132 Å². The first-order valence-electron chi connectivity index (χ1n) is 7.38. The Morgan fingerprint density at radius 1 is 1.14 bits per heavy atom. The molecule has 0 amide bonds. The summed E-state index contributed by atoms with van der Waals surface area (Å²) < 4.78 is 5.37. The van der Waals surface area contributed by atoms with Gasteiger partial charge in [0.1, 0.15) is 5.76 Å². The van der Waals surface area contributed by atoms with Gasteiger partial charge in [0.2, 0.25) is 0 Å². The highest BCUT2D eigenvalue weighted by molar-refractivity contribution is 7.98. The molecule has 114 valence electrons. The van der Waals surface area contributed by atoms with Crippen LogP contribution in [0.2, 0.25) is 0 Å². The second kappa shape index (κ2) is 7.19. The van der Waals surface area contributed by atoms with Crippen LogP contribution in [0, 0.1) is 0 Å². The lowest BCUT2D eigenvalue weighted by molar-refractivity contribution is 0.530. The average molecular weight is 303 g/mol. The molecule has 3 heteroatoms. The zero-order valence-corrected chi connectivity index (χ0v) is 14.2. The summed E-state index contributed by atoms with van der Waals surface area (Å²) in [4.78, 5) is 0. The molecule has 0 aliphatic heterocycles. The molecule has 1 unspecified atom stereocenters. The van der Waals surface area contributed by atoms with Gasteiger partial charge in [-0.05, 0) is 35.7 Å². The third kappa shape index (κ3) is 4.65. The summed E-state index contributed by atoms with van der Waals surface area (Å²) in [5, 5.41) is 3.41. The van der Waals surface area contributed by atoms with Crippen LogP contribution in [0.3, 0.4) is 0 Å². The van der Waals surface area contributed by atoms with E-state index in [2.05, 4.69) is 50.4 Å². The quantitative estimate of drug-likeness (QED) is 0.832. The van der Waals surface area contributed by atoms with E-state index < -0.39 is 0 Å². The summed E-state index contributed by atoms with van der Waals surface area (Å²) in [5.41, 5.74) is 2.93. The molecule has 2 nitrogen and oxygen atoms in total. The van der Waals surface area contributed by atoms with Gasteiger partial charge in [0.15, 0.2) is 0 Å². The van der Waals surface area contributed by atoms with Gasteiger partial charge in [-0.1, -0.05) is 45.0 Å². The Bertz CT molecular complexity index is 525. The van der Waals surface area contributed by atoms with E-state index in [9.17, 15) is 0 Å². The molecule has 2 rings (SSSR count). The van der Waals surface area contributed by atoms with E-state index in [1.54, 1.807) is 6.26 Å². The molecule has 1 heterocycles. The molecule has 21 heavy (non-hydrogen) atoms. The molecule has 2 aromatic rings. The highest BCUT2D eigenvalue weighted by Gasteiger charge is 2.15. The fourth-order valence-electron chi connectivity index (χ4n) is 2.23. The van der Waals surface area contributed by atoms with Crippen LogP contribution < -0.4 is 5.32 Å². The second-order valence-corrected chi connectivity index (χ2v) is 7.34. The van der Waals surface area contributed by atoms with E-state index in [1.165, 1.54) is 11.1 Å². The Morgan fingerprint density at radius 2 is 1.86 bits per heavy atom. The van der Waals surface area contributed by atoms with Crippen molar-refractivity contribution in [2.45, 2.75) is 38.0 Å². The number of thioether (sulfide) groups is 1. The van der Waals surface area contributed by atoms with Crippen LogP contribution >= 0.6 is 11.8 Å². The molecule has 0 radical (unpaired) electrons. The Hall–Kier alpha value is -1.19. The predicted octanol–water partition coefficient (Wildman–Crippen LogP) is 4.77. The van der Waals surface area contributed by atoms with Gasteiger partial charge in [-0.2, -0.15) is 11.8 Å². The average Bonchev–Trinajstić information content (AvgIpc) is 2.96. The first-order valence-corrected chi connectivity index (χ1v) is 8.54. The molecule has 0 bridgehead atoms. The van der Waals surface area contributed by atoms with E-state index >= 15 is 0 Å². The molecule has 1 aromatic carbocycles. The van der Waals surface area contributed by atoms with Crippen LogP contribution in [-0.2, 0) is 11.2 Å². The molecule has 0 spiro atoms. The van der Waals surface area contributed by atoms with Crippen molar-refractivity contribution in [1.29, 1.82) is 0 Å². The normalized spacial score (nSPS) is 13.3. The Morgan fingerprint density at radius 3 is 2.38 bits per heavy atom. The maximum Gasteiger partial charge on any atom is 0.113 e. The summed E-state index contributed by atoms with van der Waals surface area (Å²) >= 11 is 1.89. The highest BCUT2D eigenvalue weighted by Crippen LogP contribution is 2.26. The molecular weight excluding hydrogens is 278 g/mol. The van der Waals surface area contributed by atoms with Gasteiger partial charge in [-0.15, -0.1) is 0 Å². The van der Waals surface area contributed by atoms with Crippen LogP contribution in [0.5, 0.6) is 0 Å². The van der Waals surface area contributed by atoms with Gasteiger partial charge in [0, 0.05) is 11.8 Å². The second-order valence-electron chi connectivity index (χ2n) is 6.31. The minimum Gasteiger partial charge on any atom is -0.468 e. The Kier molecular flexibility index (Phi) is 5.54. The molecule has 0 saturated heterocycles. The highest BCUT2D eigenvalue weighted by atomic mass is 32.2. The van der Waals surface area contributed by atoms with Crippen molar-refractivity contribution in [3.8, 4) is 0 Å². The summed E-state index contributed by atoms with van der Waals surface area (Å²) in [6.45, 7) is 6.74. The van der Waals surface area contributed by atoms with Gasteiger partial charge in [0.05, 0.1) is 12.0 Å². The lowest BCUT2D eigenvalue weighted by atomic mass is 9.86. The van der Waals surface area contributed by atoms with Crippen molar-refractivity contribution < 1.29 is 4.42 Å². The first kappa shape index (κ1) is 16.2. The standard InChI is InChI=1S/C18H25NOS/c1-18(2,3)15-9-7-14(8-10-15)17(19-4)13-21-12-16-6-5-11-20-16/h5-11,17,19H,12-13H2,1-4H3. The number of benzene rings is 1. The molecule has 0 fully saturated rings. The monoisotopic (exact) mass is 303 g/mol. The van der Waals surface area contributed by atoms with E-state index in [0.29, 0.717) is 6.04 Å². The molecule has 0 aliphatic rings. The van der Waals surface area contributed by atoms with Crippen LogP contribution in [0.4, 0.5) is 0 Å². The smallest absolute Gasteiger partial charge is 0.113 e. The summed E-state index contributed by atoms with van der Waals surface area (Å²) in [7, 11) is 2.02. The maximum absolute atomic E-state index is 5.37. The van der Waals surface area contributed by atoms with E-state index in [0.717, 1.165) is 17.3 Å². The minimum atomic E-state index is 0.210. The molecule has 1 aromatic heterocycles. The lowest BCUT2D eigenvalue weighted by Crippen LogP contribution is -2.19. The number of hydrogen-bond donors (Lipinski definition) is 1. The maximum atomic E-state index is 5.37. The first-order chi connectivity index (χ1) is 10.0. The van der Waals surface area contributed by atoms with Gasteiger partial charge in [0.25, 0.3) is 0 Å². The van der Waals surface area contributed by atoms with Crippen molar-refractivity contribution in [2.75, 3.05) is 12.8 Å².